The Balaban J connectivity index is 0.00000140. The highest BCUT2D eigenvalue weighted by Crippen LogP contribution is 2.31. The number of rotatable bonds is 5. The van der Waals surface area contributed by atoms with E-state index in [9.17, 15) is 9.18 Å². The van der Waals surface area contributed by atoms with E-state index in [0.717, 1.165) is 44.8 Å². The quantitative estimate of drug-likeness (QED) is 0.734. The minimum atomic E-state index is -0.291. The third-order valence-corrected chi connectivity index (χ3v) is 5.34. The summed E-state index contributed by atoms with van der Waals surface area (Å²) in [7, 11) is 0. The molecular weight excluding hydrogens is 400 g/mol. The van der Waals surface area contributed by atoms with Gasteiger partial charge in [0.25, 0.3) is 0 Å². The van der Waals surface area contributed by atoms with E-state index >= 15 is 0 Å². The Hall–Kier alpha value is -1.66. The summed E-state index contributed by atoms with van der Waals surface area (Å²) >= 11 is 0. The fraction of sp³-hybridized carbons (Fsp3) is 0.381. The second kappa shape index (κ2) is 10.2. The molecule has 1 fully saturated rings. The molecule has 28 heavy (non-hydrogen) atoms. The molecule has 2 aliphatic rings. The summed E-state index contributed by atoms with van der Waals surface area (Å²) in [6, 6.07) is 15.5. The molecule has 4 rings (SSSR count). The maximum Gasteiger partial charge on any atom is 0.231 e. The third-order valence-electron chi connectivity index (χ3n) is 5.34. The molecule has 2 aliphatic heterocycles. The first-order valence-corrected chi connectivity index (χ1v) is 9.27. The Labute approximate surface area is 178 Å². The highest BCUT2D eigenvalue weighted by molar-refractivity contribution is 6.01. The summed E-state index contributed by atoms with van der Waals surface area (Å²) in [4.78, 5) is 18.7. The zero-order valence-electron chi connectivity index (χ0n) is 15.7. The van der Waals surface area contributed by atoms with Gasteiger partial charge in [0.15, 0.2) is 0 Å². The molecule has 2 heterocycles. The minimum Gasteiger partial charge on any atom is -0.308 e. The van der Waals surface area contributed by atoms with Gasteiger partial charge in [0.05, 0.1) is 12.1 Å². The van der Waals surface area contributed by atoms with Crippen LogP contribution < -0.4 is 4.90 Å². The van der Waals surface area contributed by atoms with Crippen LogP contribution in [0.25, 0.3) is 0 Å². The van der Waals surface area contributed by atoms with Crippen LogP contribution >= 0.6 is 24.8 Å². The van der Waals surface area contributed by atoms with E-state index in [0.29, 0.717) is 18.7 Å². The van der Waals surface area contributed by atoms with Gasteiger partial charge in [0.2, 0.25) is 5.91 Å². The summed E-state index contributed by atoms with van der Waals surface area (Å²) in [5.41, 5.74) is 2.64. The van der Waals surface area contributed by atoms with Gasteiger partial charge in [0, 0.05) is 45.8 Å². The standard InChI is InChI=1S/C21H24FN3O.2ClH/c22-19-8-4-7-18-15-20(26)25(21(18)19)14-13-23-9-11-24(12-10-23)16-17-5-2-1-3-6-17;;/h1-8H,9-16H2;2*1H. The molecule has 1 amide bonds. The average molecular weight is 426 g/mol. The van der Waals surface area contributed by atoms with E-state index in [1.54, 1.807) is 11.0 Å². The second-order valence-corrected chi connectivity index (χ2v) is 7.07. The van der Waals surface area contributed by atoms with Crippen molar-refractivity contribution < 1.29 is 9.18 Å². The molecule has 0 bridgehead atoms. The van der Waals surface area contributed by atoms with Crippen LogP contribution in [0.5, 0.6) is 0 Å². The summed E-state index contributed by atoms with van der Waals surface area (Å²) in [6.07, 6.45) is 0.317. The van der Waals surface area contributed by atoms with E-state index in [1.165, 1.54) is 11.6 Å². The molecule has 0 spiro atoms. The lowest BCUT2D eigenvalue weighted by Gasteiger charge is -2.35. The number of carbonyl (C=O) groups is 1. The number of hydrogen-bond acceptors (Lipinski definition) is 3. The number of anilines is 1. The van der Waals surface area contributed by atoms with Crippen LogP contribution in [-0.4, -0.2) is 55.0 Å². The molecule has 2 aromatic rings. The van der Waals surface area contributed by atoms with Crippen LogP contribution in [0.1, 0.15) is 11.1 Å². The normalized spacial score (nSPS) is 17.0. The monoisotopic (exact) mass is 425 g/mol. The predicted molar refractivity (Wildman–Crippen MR) is 115 cm³/mol. The first-order chi connectivity index (χ1) is 12.7. The SMILES string of the molecule is Cl.Cl.O=C1Cc2cccc(F)c2N1CCN1CCN(Cc2ccccc2)CC1. The van der Waals surface area contributed by atoms with Gasteiger partial charge in [-0.05, 0) is 17.2 Å². The van der Waals surface area contributed by atoms with Crippen LogP contribution in [-0.2, 0) is 17.8 Å². The van der Waals surface area contributed by atoms with E-state index in [-0.39, 0.29) is 36.5 Å². The lowest BCUT2D eigenvalue weighted by atomic mass is 10.1. The molecule has 0 atom stereocenters. The van der Waals surface area contributed by atoms with Crippen LogP contribution in [0, 0.1) is 5.82 Å². The molecule has 0 N–H and O–H groups in total. The molecule has 4 nitrogen and oxygen atoms in total. The van der Waals surface area contributed by atoms with Crippen molar-refractivity contribution >= 4 is 36.4 Å². The van der Waals surface area contributed by atoms with Crippen LogP contribution in [0.4, 0.5) is 10.1 Å². The number of halogens is 3. The van der Waals surface area contributed by atoms with Crippen molar-refractivity contribution in [2.45, 2.75) is 13.0 Å². The largest absolute Gasteiger partial charge is 0.308 e. The van der Waals surface area contributed by atoms with Gasteiger partial charge < -0.3 is 4.90 Å². The fourth-order valence-corrected chi connectivity index (χ4v) is 3.88. The first kappa shape index (κ1) is 22.6. The summed E-state index contributed by atoms with van der Waals surface area (Å²) in [5, 5.41) is 0. The van der Waals surface area contributed by atoms with Gasteiger partial charge in [-0.2, -0.15) is 0 Å². The summed E-state index contributed by atoms with van der Waals surface area (Å²) < 4.78 is 14.1. The van der Waals surface area contributed by atoms with Gasteiger partial charge >= 0.3 is 0 Å². The highest BCUT2D eigenvalue weighted by atomic mass is 35.5. The van der Waals surface area contributed by atoms with E-state index in [1.807, 2.05) is 12.1 Å². The number of para-hydroxylation sites is 1. The number of fused-ring (bicyclic) bond motifs is 1. The topological polar surface area (TPSA) is 26.8 Å². The number of carbonyl (C=O) groups excluding carboxylic acids is 1. The predicted octanol–water partition coefficient (Wildman–Crippen LogP) is 3.38. The number of hydrogen-bond donors (Lipinski definition) is 0. The maximum atomic E-state index is 14.1. The minimum absolute atomic E-state index is 0. The molecule has 2 aromatic carbocycles. The maximum absolute atomic E-state index is 14.1. The molecule has 0 aromatic heterocycles. The average Bonchev–Trinajstić information content (AvgIpc) is 2.98. The van der Waals surface area contributed by atoms with Gasteiger partial charge in [-0.25, -0.2) is 4.39 Å². The van der Waals surface area contributed by atoms with Gasteiger partial charge in [0.1, 0.15) is 5.82 Å². The Morgan fingerprint density at radius 2 is 1.50 bits per heavy atom. The molecule has 0 saturated carbocycles. The van der Waals surface area contributed by atoms with Crippen LogP contribution in [0.3, 0.4) is 0 Å². The lowest BCUT2D eigenvalue weighted by molar-refractivity contribution is -0.117. The smallest absolute Gasteiger partial charge is 0.231 e. The molecule has 1 saturated heterocycles. The Kier molecular flexibility index (Phi) is 8.25. The molecule has 7 heteroatoms. The number of amides is 1. The third kappa shape index (κ3) is 5.03. The van der Waals surface area contributed by atoms with Crippen molar-refractivity contribution in [3.8, 4) is 0 Å². The van der Waals surface area contributed by atoms with Crippen molar-refractivity contribution in [1.82, 2.24) is 9.80 Å². The number of piperazine rings is 1. The zero-order valence-corrected chi connectivity index (χ0v) is 17.4. The summed E-state index contributed by atoms with van der Waals surface area (Å²) in [5.74, 6) is -0.283. The van der Waals surface area contributed by atoms with E-state index in [4.69, 9.17) is 0 Å². The molecule has 0 radical (unpaired) electrons. The summed E-state index contributed by atoms with van der Waals surface area (Å²) in [6.45, 7) is 6.35. The second-order valence-electron chi connectivity index (χ2n) is 7.07. The number of benzene rings is 2. The highest BCUT2D eigenvalue weighted by Gasteiger charge is 2.30. The molecular formula is C21H26Cl2FN3O. The van der Waals surface area contributed by atoms with Crippen molar-refractivity contribution in [3.05, 3.63) is 65.5 Å². The number of nitrogens with zero attached hydrogens (tertiary/aromatic N) is 3. The van der Waals surface area contributed by atoms with Crippen LogP contribution in [0.2, 0.25) is 0 Å². The van der Waals surface area contributed by atoms with Gasteiger partial charge in [-0.15, -0.1) is 24.8 Å². The van der Waals surface area contributed by atoms with Gasteiger partial charge in [-0.1, -0.05) is 42.5 Å². The Morgan fingerprint density at radius 1 is 0.821 bits per heavy atom. The fourth-order valence-electron chi connectivity index (χ4n) is 3.88. The lowest BCUT2D eigenvalue weighted by Crippen LogP contribution is -2.48. The van der Waals surface area contributed by atoms with Crippen molar-refractivity contribution in [2.75, 3.05) is 44.2 Å². The Bertz CT molecular complexity index is 782. The Morgan fingerprint density at radius 3 is 2.21 bits per heavy atom. The zero-order chi connectivity index (χ0) is 17.9. The molecule has 152 valence electrons. The molecule has 0 aliphatic carbocycles. The van der Waals surface area contributed by atoms with Crippen molar-refractivity contribution in [1.29, 1.82) is 0 Å². The first-order valence-electron chi connectivity index (χ1n) is 9.27. The van der Waals surface area contributed by atoms with Crippen molar-refractivity contribution in [3.63, 3.8) is 0 Å². The van der Waals surface area contributed by atoms with E-state index < -0.39 is 0 Å². The van der Waals surface area contributed by atoms with Gasteiger partial charge in [-0.3, -0.25) is 14.6 Å². The molecule has 0 unspecified atom stereocenters. The van der Waals surface area contributed by atoms with Crippen LogP contribution in [0.15, 0.2) is 48.5 Å². The van der Waals surface area contributed by atoms with E-state index in [2.05, 4.69) is 34.1 Å². The van der Waals surface area contributed by atoms with Crippen molar-refractivity contribution in [2.24, 2.45) is 0 Å².